The van der Waals surface area contributed by atoms with Crippen LogP contribution in [0.25, 0.3) is 11.0 Å². The number of hydrogen-bond donors (Lipinski definition) is 1. The topological polar surface area (TPSA) is 66.3 Å². The standard InChI is InChI=1S/C14H15N3O2/c18-14(19)17-7-5-10(6-8-17)13-9-15-11-3-1-2-4-12(11)16-13/h1-4,9-10H,5-8H2,(H,18,19). The van der Waals surface area contributed by atoms with Crippen LogP contribution in [0.2, 0.25) is 0 Å². The lowest BCUT2D eigenvalue weighted by Gasteiger charge is -2.29. The number of nitrogens with zero attached hydrogens (tertiary/aromatic N) is 3. The van der Waals surface area contributed by atoms with Crippen molar-refractivity contribution in [3.63, 3.8) is 0 Å². The molecule has 98 valence electrons. The number of amides is 1. The van der Waals surface area contributed by atoms with E-state index in [1.807, 2.05) is 30.5 Å². The van der Waals surface area contributed by atoms with E-state index in [4.69, 9.17) is 5.11 Å². The zero-order chi connectivity index (χ0) is 13.2. The van der Waals surface area contributed by atoms with E-state index in [0.717, 1.165) is 29.6 Å². The third-order valence-electron chi connectivity index (χ3n) is 3.65. The summed E-state index contributed by atoms with van der Waals surface area (Å²) in [5.41, 5.74) is 2.78. The Kier molecular flexibility index (Phi) is 3.03. The molecule has 5 nitrogen and oxygen atoms in total. The Morgan fingerprint density at radius 1 is 1.21 bits per heavy atom. The van der Waals surface area contributed by atoms with Crippen molar-refractivity contribution in [3.05, 3.63) is 36.2 Å². The van der Waals surface area contributed by atoms with E-state index in [1.54, 1.807) is 0 Å². The third-order valence-corrected chi connectivity index (χ3v) is 3.65. The molecule has 19 heavy (non-hydrogen) atoms. The van der Waals surface area contributed by atoms with Crippen LogP contribution >= 0.6 is 0 Å². The van der Waals surface area contributed by atoms with Gasteiger partial charge < -0.3 is 10.0 Å². The average molecular weight is 257 g/mol. The second kappa shape index (κ2) is 4.84. The van der Waals surface area contributed by atoms with Gasteiger partial charge in [0.2, 0.25) is 0 Å². The number of likely N-dealkylation sites (tertiary alicyclic amines) is 1. The van der Waals surface area contributed by atoms with E-state index < -0.39 is 6.09 Å². The molecule has 1 aromatic carbocycles. The fourth-order valence-electron chi connectivity index (χ4n) is 2.53. The first kappa shape index (κ1) is 11.9. The van der Waals surface area contributed by atoms with Gasteiger partial charge in [-0.1, -0.05) is 12.1 Å². The van der Waals surface area contributed by atoms with Crippen molar-refractivity contribution < 1.29 is 9.90 Å². The van der Waals surface area contributed by atoms with Gasteiger partial charge in [0.05, 0.1) is 16.7 Å². The number of carboxylic acid groups (broad SMARTS) is 1. The number of aromatic nitrogens is 2. The number of hydrogen-bond acceptors (Lipinski definition) is 3. The van der Waals surface area contributed by atoms with Crippen LogP contribution in [0.1, 0.15) is 24.5 Å². The van der Waals surface area contributed by atoms with E-state index in [-0.39, 0.29) is 0 Å². The number of benzene rings is 1. The van der Waals surface area contributed by atoms with Gasteiger partial charge in [-0.2, -0.15) is 0 Å². The van der Waals surface area contributed by atoms with Gasteiger partial charge in [-0.3, -0.25) is 4.98 Å². The Morgan fingerprint density at radius 2 is 1.89 bits per heavy atom. The Labute approximate surface area is 110 Å². The Balaban J connectivity index is 1.80. The molecule has 1 amide bonds. The van der Waals surface area contributed by atoms with Crippen molar-refractivity contribution in [2.45, 2.75) is 18.8 Å². The molecule has 1 saturated heterocycles. The molecule has 0 spiro atoms. The maximum absolute atomic E-state index is 10.9. The SMILES string of the molecule is O=C(O)N1CCC(c2cnc3ccccc3n2)CC1. The van der Waals surface area contributed by atoms with E-state index in [9.17, 15) is 4.79 Å². The fraction of sp³-hybridized carbons (Fsp3) is 0.357. The third kappa shape index (κ3) is 2.36. The Hall–Kier alpha value is -2.17. The van der Waals surface area contributed by atoms with Gasteiger partial charge in [-0.25, -0.2) is 9.78 Å². The highest BCUT2D eigenvalue weighted by Gasteiger charge is 2.24. The number of piperidine rings is 1. The molecule has 1 aliphatic rings. The van der Waals surface area contributed by atoms with Crippen molar-refractivity contribution >= 4 is 17.1 Å². The van der Waals surface area contributed by atoms with Gasteiger partial charge in [0.1, 0.15) is 0 Å². The molecular formula is C14H15N3O2. The second-order valence-electron chi connectivity index (χ2n) is 4.83. The first-order valence-corrected chi connectivity index (χ1v) is 6.43. The summed E-state index contributed by atoms with van der Waals surface area (Å²) in [7, 11) is 0. The van der Waals surface area contributed by atoms with E-state index in [0.29, 0.717) is 19.0 Å². The molecule has 0 radical (unpaired) electrons. The van der Waals surface area contributed by atoms with Gasteiger partial charge in [-0.15, -0.1) is 0 Å². The zero-order valence-corrected chi connectivity index (χ0v) is 10.5. The summed E-state index contributed by atoms with van der Waals surface area (Å²) in [6.07, 6.45) is 2.63. The molecule has 0 unspecified atom stereocenters. The van der Waals surface area contributed by atoms with Crippen molar-refractivity contribution in [2.75, 3.05) is 13.1 Å². The average Bonchev–Trinajstić information content (AvgIpc) is 2.47. The summed E-state index contributed by atoms with van der Waals surface area (Å²) in [5, 5.41) is 8.93. The Morgan fingerprint density at radius 3 is 2.58 bits per heavy atom. The number of rotatable bonds is 1. The predicted octanol–water partition coefficient (Wildman–Crippen LogP) is 2.49. The summed E-state index contributed by atoms with van der Waals surface area (Å²) >= 11 is 0. The molecule has 2 aromatic rings. The number of carbonyl (C=O) groups is 1. The van der Waals surface area contributed by atoms with Gasteiger partial charge in [-0.05, 0) is 25.0 Å². The highest BCUT2D eigenvalue weighted by atomic mass is 16.4. The minimum Gasteiger partial charge on any atom is -0.465 e. The Bertz CT molecular complexity index is 606. The van der Waals surface area contributed by atoms with Crippen LogP contribution in [0.4, 0.5) is 4.79 Å². The van der Waals surface area contributed by atoms with Gasteiger partial charge in [0, 0.05) is 25.2 Å². The lowest BCUT2D eigenvalue weighted by atomic mass is 9.94. The minimum atomic E-state index is -0.831. The molecule has 1 N–H and O–H groups in total. The molecule has 5 heteroatoms. The quantitative estimate of drug-likeness (QED) is 0.852. The molecule has 0 bridgehead atoms. The molecular weight excluding hydrogens is 242 g/mol. The van der Waals surface area contributed by atoms with Crippen LogP contribution in [0.5, 0.6) is 0 Å². The molecule has 2 heterocycles. The predicted molar refractivity (Wildman–Crippen MR) is 71.1 cm³/mol. The lowest BCUT2D eigenvalue weighted by Crippen LogP contribution is -2.37. The monoisotopic (exact) mass is 257 g/mol. The maximum atomic E-state index is 10.9. The van der Waals surface area contributed by atoms with E-state index in [2.05, 4.69) is 9.97 Å². The van der Waals surface area contributed by atoms with Gasteiger partial charge in [0.15, 0.2) is 0 Å². The minimum absolute atomic E-state index is 0.313. The van der Waals surface area contributed by atoms with E-state index >= 15 is 0 Å². The molecule has 1 aromatic heterocycles. The second-order valence-corrected chi connectivity index (χ2v) is 4.83. The summed E-state index contributed by atoms with van der Waals surface area (Å²) < 4.78 is 0. The molecule has 1 fully saturated rings. The fourth-order valence-corrected chi connectivity index (χ4v) is 2.53. The van der Waals surface area contributed by atoms with Crippen LogP contribution in [0.15, 0.2) is 30.5 Å². The van der Waals surface area contributed by atoms with Crippen LogP contribution in [0.3, 0.4) is 0 Å². The molecule has 1 aliphatic heterocycles. The van der Waals surface area contributed by atoms with Gasteiger partial charge in [0.25, 0.3) is 0 Å². The van der Waals surface area contributed by atoms with Crippen LogP contribution < -0.4 is 0 Å². The molecule has 0 atom stereocenters. The van der Waals surface area contributed by atoms with Crippen LogP contribution in [-0.2, 0) is 0 Å². The first-order valence-electron chi connectivity index (χ1n) is 6.43. The molecule has 0 saturated carbocycles. The van der Waals surface area contributed by atoms with Crippen LogP contribution in [-0.4, -0.2) is 39.2 Å². The maximum Gasteiger partial charge on any atom is 0.407 e. The smallest absolute Gasteiger partial charge is 0.407 e. The highest BCUT2D eigenvalue weighted by molar-refractivity contribution is 5.73. The van der Waals surface area contributed by atoms with Crippen molar-refractivity contribution in [1.82, 2.24) is 14.9 Å². The molecule has 3 rings (SSSR count). The summed E-state index contributed by atoms with van der Waals surface area (Å²) in [4.78, 5) is 21.4. The largest absolute Gasteiger partial charge is 0.465 e. The summed E-state index contributed by atoms with van der Waals surface area (Å²) in [6, 6.07) is 7.80. The summed E-state index contributed by atoms with van der Waals surface area (Å²) in [6.45, 7) is 1.16. The van der Waals surface area contributed by atoms with Crippen LogP contribution in [0, 0.1) is 0 Å². The van der Waals surface area contributed by atoms with Crippen molar-refractivity contribution in [1.29, 1.82) is 0 Å². The van der Waals surface area contributed by atoms with Crippen molar-refractivity contribution in [2.24, 2.45) is 0 Å². The lowest BCUT2D eigenvalue weighted by molar-refractivity contribution is 0.131. The number of para-hydroxylation sites is 2. The van der Waals surface area contributed by atoms with E-state index in [1.165, 1.54) is 4.90 Å². The first-order chi connectivity index (χ1) is 9.24. The number of fused-ring (bicyclic) bond motifs is 1. The normalized spacial score (nSPS) is 16.7. The highest BCUT2D eigenvalue weighted by Crippen LogP contribution is 2.27. The summed E-state index contributed by atoms with van der Waals surface area (Å²) in [5.74, 6) is 0.313. The zero-order valence-electron chi connectivity index (χ0n) is 10.5. The van der Waals surface area contributed by atoms with Crippen molar-refractivity contribution in [3.8, 4) is 0 Å². The molecule has 0 aliphatic carbocycles. The van der Waals surface area contributed by atoms with Gasteiger partial charge >= 0.3 is 6.09 Å².